The van der Waals surface area contributed by atoms with Crippen LogP contribution in [-0.4, -0.2) is 9.55 Å². The number of aromatic nitrogens is 2. The number of hydrogen-bond acceptors (Lipinski definition) is 4. The molecule has 0 amide bonds. The summed E-state index contributed by atoms with van der Waals surface area (Å²) in [6, 6.07) is 74.4. The third-order valence-corrected chi connectivity index (χ3v) is 11.6. The van der Waals surface area contributed by atoms with Gasteiger partial charge in [-0.15, -0.1) is 0 Å². The summed E-state index contributed by atoms with van der Waals surface area (Å²) >= 11 is 0. The van der Waals surface area contributed by atoms with Gasteiger partial charge in [-0.1, -0.05) is 127 Å². The van der Waals surface area contributed by atoms with Gasteiger partial charge in [0.05, 0.1) is 11.0 Å². The van der Waals surface area contributed by atoms with Crippen molar-refractivity contribution in [2.45, 2.75) is 0 Å². The Bertz CT molecular complexity index is 3430. The zero-order valence-electron chi connectivity index (χ0n) is 32.4. The van der Waals surface area contributed by atoms with Crippen LogP contribution in [0.3, 0.4) is 0 Å². The Labute approximate surface area is 345 Å². The molecule has 0 aliphatic heterocycles. The number of anilines is 3. The van der Waals surface area contributed by atoms with Gasteiger partial charge in [0.2, 0.25) is 0 Å². The highest BCUT2D eigenvalue weighted by Crippen LogP contribution is 2.42. The predicted molar refractivity (Wildman–Crippen MR) is 247 cm³/mol. The van der Waals surface area contributed by atoms with E-state index in [-0.39, 0.29) is 0 Å². The van der Waals surface area contributed by atoms with Crippen LogP contribution in [-0.2, 0) is 0 Å². The van der Waals surface area contributed by atoms with Crippen molar-refractivity contribution in [3.8, 4) is 39.3 Å². The number of benzene rings is 9. The maximum Gasteiger partial charge on any atom is 0.145 e. The molecule has 0 radical (unpaired) electrons. The molecule has 0 aliphatic rings. The lowest BCUT2D eigenvalue weighted by molar-refractivity contribution is 0.669. The zero-order chi connectivity index (χ0) is 39.6. The standard InChI is InChI=1S/C55H35N3O2/c1-3-13-37(14-4-1)55-56-49-22-12-21-44(54(49)58(55)40-17-5-2-6-18-40)39-16-11-15-38(33-39)36-25-27-41(28-26-36)57(42-29-31-47-45-19-7-9-23-50(45)59-52(47)34-42)43-30-32-48-46-20-8-10-24-51(46)60-53(48)35-43/h1-35H. The minimum Gasteiger partial charge on any atom is -0.456 e. The van der Waals surface area contributed by atoms with Crippen LogP contribution < -0.4 is 4.90 Å². The molecule has 12 aromatic rings. The smallest absolute Gasteiger partial charge is 0.145 e. The Hall–Kier alpha value is -8.15. The number of imidazole rings is 1. The number of nitrogens with zero attached hydrogens (tertiary/aromatic N) is 3. The van der Waals surface area contributed by atoms with E-state index >= 15 is 0 Å². The van der Waals surface area contributed by atoms with Crippen molar-refractivity contribution in [3.05, 3.63) is 212 Å². The normalized spacial score (nSPS) is 11.7. The monoisotopic (exact) mass is 769 g/mol. The molecule has 0 atom stereocenters. The van der Waals surface area contributed by atoms with Crippen molar-refractivity contribution in [2.24, 2.45) is 0 Å². The van der Waals surface area contributed by atoms with E-state index < -0.39 is 0 Å². The first-order valence-electron chi connectivity index (χ1n) is 20.2. The second-order valence-electron chi connectivity index (χ2n) is 15.2. The van der Waals surface area contributed by atoms with Crippen LogP contribution in [0.15, 0.2) is 221 Å². The van der Waals surface area contributed by atoms with Gasteiger partial charge in [-0.3, -0.25) is 4.57 Å². The topological polar surface area (TPSA) is 47.3 Å². The first-order chi connectivity index (χ1) is 29.7. The van der Waals surface area contributed by atoms with E-state index in [0.29, 0.717) is 0 Å². The van der Waals surface area contributed by atoms with Crippen molar-refractivity contribution in [3.63, 3.8) is 0 Å². The molecule has 0 fully saturated rings. The average Bonchev–Trinajstić information content (AvgIpc) is 4.01. The Balaban J connectivity index is 0.964. The second kappa shape index (κ2) is 13.8. The molecule has 282 valence electrons. The molecule has 0 unspecified atom stereocenters. The summed E-state index contributed by atoms with van der Waals surface area (Å²) in [6.07, 6.45) is 0. The molecular weight excluding hydrogens is 735 g/mol. The summed E-state index contributed by atoms with van der Waals surface area (Å²) < 4.78 is 15.1. The number of fused-ring (bicyclic) bond motifs is 7. The van der Waals surface area contributed by atoms with E-state index in [1.807, 2.05) is 30.3 Å². The minimum absolute atomic E-state index is 0.844. The van der Waals surface area contributed by atoms with E-state index in [9.17, 15) is 0 Å². The molecule has 9 aromatic carbocycles. The molecule has 0 bridgehead atoms. The molecule has 5 heteroatoms. The summed E-state index contributed by atoms with van der Waals surface area (Å²) in [5.74, 6) is 0.916. The van der Waals surface area contributed by atoms with Crippen LogP contribution >= 0.6 is 0 Å². The van der Waals surface area contributed by atoms with E-state index in [0.717, 1.165) is 111 Å². The molecule has 0 N–H and O–H groups in total. The van der Waals surface area contributed by atoms with Gasteiger partial charge in [-0.2, -0.15) is 0 Å². The van der Waals surface area contributed by atoms with Gasteiger partial charge in [0.1, 0.15) is 28.2 Å². The fraction of sp³-hybridized carbons (Fsp3) is 0. The van der Waals surface area contributed by atoms with Crippen LogP contribution in [0.2, 0.25) is 0 Å². The van der Waals surface area contributed by atoms with E-state index in [4.69, 9.17) is 13.8 Å². The molecule has 0 saturated heterocycles. The van der Waals surface area contributed by atoms with E-state index in [1.165, 1.54) is 0 Å². The highest BCUT2D eigenvalue weighted by atomic mass is 16.3. The summed E-state index contributed by atoms with van der Waals surface area (Å²) in [5, 5.41) is 4.41. The van der Waals surface area contributed by atoms with Crippen LogP contribution in [0.5, 0.6) is 0 Å². The quantitative estimate of drug-likeness (QED) is 0.162. The van der Waals surface area contributed by atoms with Gasteiger partial charge >= 0.3 is 0 Å². The van der Waals surface area contributed by atoms with Gasteiger partial charge in [0.25, 0.3) is 0 Å². The van der Waals surface area contributed by atoms with Crippen molar-refractivity contribution in [1.82, 2.24) is 9.55 Å². The summed E-state index contributed by atoms with van der Waals surface area (Å²) in [6.45, 7) is 0. The van der Waals surface area contributed by atoms with Gasteiger partial charge in [-0.05, 0) is 89.5 Å². The molecule has 0 spiro atoms. The molecule has 0 aliphatic carbocycles. The van der Waals surface area contributed by atoms with Gasteiger partial charge in [-0.25, -0.2) is 4.98 Å². The first kappa shape index (κ1) is 33.9. The lowest BCUT2D eigenvalue weighted by atomic mass is 9.98. The van der Waals surface area contributed by atoms with E-state index in [2.05, 4.69) is 191 Å². The number of rotatable bonds is 7. The number of hydrogen-bond donors (Lipinski definition) is 0. The summed E-state index contributed by atoms with van der Waals surface area (Å²) in [5.41, 5.74) is 15.1. The maximum atomic E-state index is 6.38. The fourth-order valence-electron chi connectivity index (χ4n) is 8.79. The summed E-state index contributed by atoms with van der Waals surface area (Å²) in [7, 11) is 0. The van der Waals surface area contributed by atoms with Crippen molar-refractivity contribution in [1.29, 1.82) is 0 Å². The molecule has 3 heterocycles. The molecular formula is C55H35N3O2. The lowest BCUT2D eigenvalue weighted by Gasteiger charge is -2.25. The molecule has 12 rings (SSSR count). The Morgan fingerprint density at radius 2 is 0.900 bits per heavy atom. The molecule has 3 aromatic heterocycles. The van der Waals surface area contributed by atoms with Crippen molar-refractivity contribution >= 4 is 72.0 Å². The third-order valence-electron chi connectivity index (χ3n) is 11.6. The SMILES string of the molecule is c1ccc(-c2nc3cccc(-c4cccc(-c5ccc(N(c6ccc7c(c6)oc6ccccc67)c6ccc7c(c6)oc6ccccc67)cc5)c4)c3n2-c2ccccc2)cc1. The molecule has 0 saturated carbocycles. The van der Waals surface area contributed by atoms with Crippen LogP contribution in [0.1, 0.15) is 0 Å². The van der Waals surface area contributed by atoms with Gasteiger partial charge in [0, 0.05) is 67.6 Å². The van der Waals surface area contributed by atoms with Crippen LogP contribution in [0, 0.1) is 0 Å². The Morgan fingerprint density at radius 1 is 0.367 bits per heavy atom. The Kier molecular flexibility index (Phi) is 7.78. The highest BCUT2D eigenvalue weighted by Gasteiger charge is 2.20. The minimum atomic E-state index is 0.844. The molecule has 5 nitrogen and oxygen atoms in total. The van der Waals surface area contributed by atoms with Crippen molar-refractivity contribution < 1.29 is 8.83 Å². The van der Waals surface area contributed by atoms with Crippen LogP contribution in [0.4, 0.5) is 17.1 Å². The fourth-order valence-corrected chi connectivity index (χ4v) is 8.79. The molecule has 60 heavy (non-hydrogen) atoms. The third kappa shape index (κ3) is 5.59. The largest absolute Gasteiger partial charge is 0.456 e. The van der Waals surface area contributed by atoms with Gasteiger partial charge < -0.3 is 13.7 Å². The average molecular weight is 770 g/mol. The van der Waals surface area contributed by atoms with Gasteiger partial charge in [0.15, 0.2) is 0 Å². The van der Waals surface area contributed by atoms with Crippen molar-refractivity contribution in [2.75, 3.05) is 4.90 Å². The van der Waals surface area contributed by atoms with Crippen LogP contribution in [0.25, 0.3) is 94.2 Å². The zero-order valence-corrected chi connectivity index (χ0v) is 32.4. The number of para-hydroxylation sites is 4. The summed E-state index contributed by atoms with van der Waals surface area (Å²) in [4.78, 5) is 7.48. The Morgan fingerprint density at radius 3 is 1.57 bits per heavy atom. The lowest BCUT2D eigenvalue weighted by Crippen LogP contribution is -2.09. The predicted octanol–water partition coefficient (Wildman–Crippen LogP) is 15.3. The second-order valence-corrected chi connectivity index (χ2v) is 15.2. The van der Waals surface area contributed by atoms with E-state index in [1.54, 1.807) is 0 Å². The maximum absolute atomic E-state index is 6.38. The highest BCUT2D eigenvalue weighted by molar-refractivity contribution is 6.08. The number of furan rings is 2. The first-order valence-corrected chi connectivity index (χ1v) is 20.2.